The zero-order valence-electron chi connectivity index (χ0n) is 11.9. The van der Waals surface area contributed by atoms with Gasteiger partial charge in [0.2, 0.25) is 0 Å². The Kier molecular flexibility index (Phi) is 4.42. The molecule has 0 aliphatic rings. The molecule has 0 radical (unpaired) electrons. The van der Waals surface area contributed by atoms with Crippen molar-refractivity contribution in [3.63, 3.8) is 0 Å². The van der Waals surface area contributed by atoms with E-state index in [1.54, 1.807) is 37.3 Å². The molecule has 110 valence electrons. The van der Waals surface area contributed by atoms with E-state index in [2.05, 4.69) is 5.32 Å². The van der Waals surface area contributed by atoms with Crippen LogP contribution < -0.4 is 15.8 Å². The number of nitrogens with two attached hydrogens (primary N) is 1. The Labute approximate surface area is 122 Å². The lowest BCUT2D eigenvalue weighted by Gasteiger charge is -2.10. The second kappa shape index (κ2) is 6.26. The highest BCUT2D eigenvalue weighted by molar-refractivity contribution is 5.97. The van der Waals surface area contributed by atoms with Crippen LogP contribution in [0.2, 0.25) is 0 Å². The lowest BCUT2D eigenvalue weighted by Crippen LogP contribution is -2.23. The van der Waals surface area contributed by atoms with E-state index >= 15 is 0 Å². The summed E-state index contributed by atoms with van der Waals surface area (Å²) in [5.41, 5.74) is 7.82. The number of carbonyl (C=O) groups is 1. The molecule has 0 saturated carbocycles. The Morgan fingerprint density at radius 2 is 2.05 bits per heavy atom. The number of carbonyl (C=O) groups excluding carboxylic acids is 1. The van der Waals surface area contributed by atoms with Crippen LogP contribution in [0.1, 0.15) is 21.5 Å². The van der Waals surface area contributed by atoms with E-state index in [9.17, 15) is 9.18 Å². The number of aryl methyl sites for hydroxylation is 1. The van der Waals surface area contributed by atoms with Crippen molar-refractivity contribution in [3.05, 3.63) is 58.9 Å². The summed E-state index contributed by atoms with van der Waals surface area (Å²) in [7, 11) is 1.47. The Balaban J connectivity index is 2.09. The Hall–Kier alpha value is -2.56. The maximum atomic E-state index is 13.4. The largest absolute Gasteiger partial charge is 0.496 e. The number of nitrogen functional groups attached to an aromatic ring is 1. The molecule has 0 unspecified atom stereocenters. The van der Waals surface area contributed by atoms with E-state index in [4.69, 9.17) is 10.5 Å². The summed E-state index contributed by atoms with van der Waals surface area (Å²) in [6, 6.07) is 9.68. The summed E-state index contributed by atoms with van der Waals surface area (Å²) in [4.78, 5) is 12.1. The monoisotopic (exact) mass is 288 g/mol. The third kappa shape index (κ3) is 3.51. The smallest absolute Gasteiger partial charge is 0.255 e. The van der Waals surface area contributed by atoms with Crippen LogP contribution in [0.25, 0.3) is 0 Å². The Morgan fingerprint density at radius 1 is 1.29 bits per heavy atom. The van der Waals surface area contributed by atoms with Crippen molar-refractivity contribution in [1.29, 1.82) is 0 Å². The van der Waals surface area contributed by atoms with Crippen LogP contribution >= 0.6 is 0 Å². The fourth-order valence-electron chi connectivity index (χ4n) is 1.92. The highest BCUT2D eigenvalue weighted by Crippen LogP contribution is 2.21. The normalized spacial score (nSPS) is 10.2. The van der Waals surface area contributed by atoms with E-state index in [0.717, 1.165) is 0 Å². The second-order valence-electron chi connectivity index (χ2n) is 4.73. The minimum Gasteiger partial charge on any atom is -0.496 e. The van der Waals surface area contributed by atoms with Crippen molar-refractivity contribution in [2.45, 2.75) is 13.5 Å². The van der Waals surface area contributed by atoms with Crippen LogP contribution in [0.5, 0.6) is 5.75 Å². The van der Waals surface area contributed by atoms with Crippen molar-refractivity contribution >= 4 is 11.6 Å². The van der Waals surface area contributed by atoms with Gasteiger partial charge in [0.15, 0.2) is 0 Å². The maximum Gasteiger partial charge on any atom is 0.255 e. The number of rotatable bonds is 4. The van der Waals surface area contributed by atoms with Crippen LogP contribution in [0.3, 0.4) is 0 Å². The summed E-state index contributed by atoms with van der Waals surface area (Å²) in [5, 5.41) is 2.73. The van der Waals surface area contributed by atoms with Crippen molar-refractivity contribution in [3.8, 4) is 5.75 Å². The van der Waals surface area contributed by atoms with Gasteiger partial charge in [0.25, 0.3) is 5.91 Å². The first-order chi connectivity index (χ1) is 10.0. The van der Waals surface area contributed by atoms with Crippen LogP contribution in [0, 0.1) is 12.7 Å². The fraction of sp³-hybridized carbons (Fsp3) is 0.188. The molecule has 0 saturated heterocycles. The van der Waals surface area contributed by atoms with Gasteiger partial charge in [-0.3, -0.25) is 4.79 Å². The summed E-state index contributed by atoms with van der Waals surface area (Å²) < 4.78 is 18.6. The van der Waals surface area contributed by atoms with Gasteiger partial charge in [0, 0.05) is 18.3 Å². The predicted octanol–water partition coefficient (Wildman–Crippen LogP) is 2.65. The second-order valence-corrected chi connectivity index (χ2v) is 4.73. The minimum absolute atomic E-state index is 0.240. The summed E-state index contributed by atoms with van der Waals surface area (Å²) in [6.07, 6.45) is 0. The van der Waals surface area contributed by atoms with Gasteiger partial charge in [-0.05, 0) is 36.2 Å². The topological polar surface area (TPSA) is 64.3 Å². The number of hydrogen-bond donors (Lipinski definition) is 2. The average molecular weight is 288 g/mol. The zero-order valence-corrected chi connectivity index (χ0v) is 11.9. The number of benzene rings is 2. The molecule has 5 heteroatoms. The predicted molar refractivity (Wildman–Crippen MR) is 79.7 cm³/mol. The molecule has 0 fully saturated rings. The third-order valence-corrected chi connectivity index (χ3v) is 3.16. The summed E-state index contributed by atoms with van der Waals surface area (Å²) in [5.74, 6) is -0.178. The number of hydrogen-bond acceptors (Lipinski definition) is 3. The molecule has 0 heterocycles. The number of amides is 1. The molecule has 2 rings (SSSR count). The van der Waals surface area contributed by atoms with E-state index in [1.165, 1.54) is 13.2 Å². The number of nitrogens with one attached hydrogen (secondary N) is 1. The molecule has 21 heavy (non-hydrogen) atoms. The number of halogens is 1. The minimum atomic E-state index is -0.298. The van der Waals surface area contributed by atoms with Gasteiger partial charge in [-0.2, -0.15) is 0 Å². The van der Waals surface area contributed by atoms with Gasteiger partial charge in [-0.25, -0.2) is 4.39 Å². The average Bonchev–Trinajstić information content (AvgIpc) is 2.48. The quantitative estimate of drug-likeness (QED) is 0.850. The highest BCUT2D eigenvalue weighted by Gasteiger charge is 2.12. The molecule has 0 spiro atoms. The molecular formula is C16H17FN2O2. The van der Waals surface area contributed by atoms with Crippen molar-refractivity contribution in [2.75, 3.05) is 12.8 Å². The molecule has 2 aromatic carbocycles. The lowest BCUT2D eigenvalue weighted by atomic mass is 10.1. The van der Waals surface area contributed by atoms with Crippen LogP contribution in [-0.4, -0.2) is 13.0 Å². The SMILES string of the molecule is COc1cc(N)ccc1C(=O)NCc1ccc(C)c(F)c1. The highest BCUT2D eigenvalue weighted by atomic mass is 19.1. The number of methoxy groups -OCH3 is 1. The van der Waals surface area contributed by atoms with Gasteiger partial charge in [0.1, 0.15) is 11.6 Å². The Morgan fingerprint density at radius 3 is 2.71 bits per heavy atom. The number of anilines is 1. The molecule has 3 N–H and O–H groups in total. The molecule has 0 aliphatic heterocycles. The molecular weight excluding hydrogens is 271 g/mol. The standard InChI is InChI=1S/C16H17FN2O2/c1-10-3-4-11(7-14(10)17)9-19-16(20)13-6-5-12(18)8-15(13)21-2/h3-8H,9,18H2,1-2H3,(H,19,20). The molecule has 0 atom stereocenters. The third-order valence-electron chi connectivity index (χ3n) is 3.16. The van der Waals surface area contributed by atoms with E-state index in [1.807, 2.05) is 0 Å². The first-order valence-electron chi connectivity index (χ1n) is 6.48. The van der Waals surface area contributed by atoms with Crippen LogP contribution in [0.15, 0.2) is 36.4 Å². The summed E-state index contributed by atoms with van der Waals surface area (Å²) >= 11 is 0. The maximum absolute atomic E-state index is 13.4. The molecule has 4 nitrogen and oxygen atoms in total. The van der Waals surface area contributed by atoms with Crippen molar-refractivity contribution in [1.82, 2.24) is 5.32 Å². The molecule has 0 aromatic heterocycles. The lowest BCUT2D eigenvalue weighted by molar-refractivity contribution is 0.0948. The number of ether oxygens (including phenoxy) is 1. The van der Waals surface area contributed by atoms with Gasteiger partial charge < -0.3 is 15.8 Å². The molecule has 1 amide bonds. The molecule has 0 bridgehead atoms. The molecule has 2 aromatic rings. The van der Waals surface area contributed by atoms with E-state index < -0.39 is 0 Å². The van der Waals surface area contributed by atoms with Gasteiger partial charge in [-0.15, -0.1) is 0 Å². The van der Waals surface area contributed by atoms with E-state index in [-0.39, 0.29) is 18.3 Å². The first-order valence-corrected chi connectivity index (χ1v) is 6.48. The van der Waals surface area contributed by atoms with Gasteiger partial charge >= 0.3 is 0 Å². The van der Waals surface area contributed by atoms with Crippen molar-refractivity contribution < 1.29 is 13.9 Å². The zero-order chi connectivity index (χ0) is 15.4. The Bertz CT molecular complexity index is 671. The fourth-order valence-corrected chi connectivity index (χ4v) is 1.92. The van der Waals surface area contributed by atoms with Crippen LogP contribution in [-0.2, 0) is 6.54 Å². The van der Waals surface area contributed by atoms with Crippen LogP contribution in [0.4, 0.5) is 10.1 Å². The van der Waals surface area contributed by atoms with Gasteiger partial charge in [-0.1, -0.05) is 12.1 Å². The molecule has 0 aliphatic carbocycles. The first kappa shape index (κ1) is 14.8. The van der Waals surface area contributed by atoms with Gasteiger partial charge in [0.05, 0.1) is 12.7 Å². The van der Waals surface area contributed by atoms with Crippen molar-refractivity contribution in [2.24, 2.45) is 0 Å². The van der Waals surface area contributed by atoms with E-state index in [0.29, 0.717) is 28.1 Å². The summed E-state index contributed by atoms with van der Waals surface area (Å²) in [6.45, 7) is 1.93.